The molecule has 0 aliphatic carbocycles. The van der Waals surface area contributed by atoms with E-state index in [0.717, 1.165) is 16.7 Å². The number of anilines is 1. The Labute approximate surface area is 142 Å². The lowest BCUT2D eigenvalue weighted by Crippen LogP contribution is -2.35. The number of esters is 1. The Balaban J connectivity index is 1.60. The fraction of sp³-hybridized carbons (Fsp3) is 0.500. The quantitative estimate of drug-likeness (QED) is 0.696. The molecule has 1 aromatic rings. The molecule has 24 heavy (non-hydrogen) atoms. The zero-order valence-electron chi connectivity index (χ0n) is 13.1. The van der Waals surface area contributed by atoms with Gasteiger partial charge in [-0.2, -0.15) is 0 Å². The number of imide groups is 1. The molecular formula is C14H17N3O6S. The molecule has 2 rings (SSSR count). The van der Waals surface area contributed by atoms with Crippen molar-refractivity contribution in [3.8, 4) is 0 Å². The van der Waals surface area contributed by atoms with E-state index in [1.165, 1.54) is 0 Å². The van der Waals surface area contributed by atoms with Crippen LogP contribution < -0.4 is 5.32 Å². The molecule has 0 spiro atoms. The van der Waals surface area contributed by atoms with Gasteiger partial charge < -0.3 is 14.6 Å². The van der Waals surface area contributed by atoms with E-state index in [1.807, 2.05) is 0 Å². The Bertz CT molecular complexity index is 644. The zero-order valence-corrected chi connectivity index (χ0v) is 13.9. The Kier molecular flexibility index (Phi) is 6.36. The average molecular weight is 355 g/mol. The molecule has 3 amide bonds. The highest BCUT2D eigenvalue weighted by Gasteiger charge is 2.26. The summed E-state index contributed by atoms with van der Waals surface area (Å²) in [6.45, 7) is 1.60. The van der Waals surface area contributed by atoms with Gasteiger partial charge in [-0.05, 0) is 13.3 Å². The zero-order chi connectivity index (χ0) is 17.5. The maximum absolute atomic E-state index is 11.7. The molecule has 9 nitrogen and oxygen atoms in total. The van der Waals surface area contributed by atoms with Crippen molar-refractivity contribution in [3.05, 3.63) is 11.8 Å². The Morgan fingerprint density at radius 2 is 2.21 bits per heavy atom. The lowest BCUT2D eigenvalue weighted by molar-refractivity contribution is -0.153. The molecule has 10 heteroatoms. The van der Waals surface area contributed by atoms with Gasteiger partial charge in [-0.25, -0.2) is 0 Å². The van der Waals surface area contributed by atoms with E-state index in [9.17, 15) is 19.2 Å². The summed E-state index contributed by atoms with van der Waals surface area (Å²) in [4.78, 5) is 47.3. The van der Waals surface area contributed by atoms with Gasteiger partial charge in [-0.3, -0.25) is 24.1 Å². The number of aromatic nitrogens is 1. The molecule has 1 N–H and O–H groups in total. The van der Waals surface area contributed by atoms with Crippen molar-refractivity contribution in [1.82, 2.24) is 10.1 Å². The van der Waals surface area contributed by atoms with E-state index in [2.05, 4.69) is 10.5 Å². The molecule has 1 aliphatic heterocycles. The fourth-order valence-corrected chi connectivity index (χ4v) is 2.61. The normalized spacial score (nSPS) is 13.9. The first-order valence-electron chi connectivity index (χ1n) is 7.25. The van der Waals surface area contributed by atoms with Crippen molar-refractivity contribution in [1.29, 1.82) is 0 Å². The van der Waals surface area contributed by atoms with Crippen LogP contribution in [-0.4, -0.2) is 58.4 Å². The monoisotopic (exact) mass is 355 g/mol. The number of carbonyl (C=O) groups excluding carboxylic acids is 4. The minimum Gasteiger partial charge on any atom is -0.455 e. The summed E-state index contributed by atoms with van der Waals surface area (Å²) in [7, 11) is 0. The van der Waals surface area contributed by atoms with E-state index in [0.29, 0.717) is 31.0 Å². The first-order chi connectivity index (χ1) is 11.5. The van der Waals surface area contributed by atoms with Gasteiger partial charge >= 0.3 is 5.97 Å². The summed E-state index contributed by atoms with van der Waals surface area (Å²) in [5, 5.41) is 6.13. The molecule has 1 aliphatic rings. The Morgan fingerprint density at radius 1 is 1.42 bits per heavy atom. The van der Waals surface area contributed by atoms with Crippen molar-refractivity contribution in [3.63, 3.8) is 0 Å². The molecule has 0 bridgehead atoms. The largest absolute Gasteiger partial charge is 0.455 e. The predicted molar refractivity (Wildman–Crippen MR) is 84.1 cm³/mol. The van der Waals surface area contributed by atoms with E-state index >= 15 is 0 Å². The smallest absolute Gasteiger partial charge is 0.316 e. The summed E-state index contributed by atoms with van der Waals surface area (Å²) in [6.07, 6.45) is 0.976. The van der Waals surface area contributed by atoms with Crippen LogP contribution in [0.4, 0.5) is 5.82 Å². The van der Waals surface area contributed by atoms with E-state index in [-0.39, 0.29) is 23.3 Å². The number of nitrogens with zero attached hydrogens (tertiary/aromatic N) is 2. The number of thioether (sulfide) groups is 1. The van der Waals surface area contributed by atoms with Gasteiger partial charge in [0.25, 0.3) is 5.91 Å². The maximum atomic E-state index is 11.7. The topological polar surface area (TPSA) is 119 Å². The number of rotatable bonds is 7. The van der Waals surface area contributed by atoms with Gasteiger partial charge in [0.15, 0.2) is 12.4 Å². The highest BCUT2D eigenvalue weighted by molar-refractivity contribution is 8.00. The van der Waals surface area contributed by atoms with Crippen LogP contribution in [-0.2, 0) is 23.9 Å². The van der Waals surface area contributed by atoms with Crippen LogP contribution in [0.2, 0.25) is 0 Å². The van der Waals surface area contributed by atoms with Crippen molar-refractivity contribution >= 4 is 41.3 Å². The fourth-order valence-electron chi connectivity index (χ4n) is 2.00. The van der Waals surface area contributed by atoms with Gasteiger partial charge in [0, 0.05) is 19.0 Å². The molecule has 1 saturated heterocycles. The van der Waals surface area contributed by atoms with Gasteiger partial charge in [-0.15, -0.1) is 11.8 Å². The maximum Gasteiger partial charge on any atom is 0.316 e. The molecule has 0 aromatic carbocycles. The molecule has 1 aromatic heterocycles. The molecule has 0 atom stereocenters. The summed E-state index contributed by atoms with van der Waals surface area (Å²) >= 11 is 1.04. The van der Waals surface area contributed by atoms with Crippen LogP contribution in [0, 0.1) is 6.92 Å². The molecule has 2 heterocycles. The number of likely N-dealkylation sites (tertiary alicyclic amines) is 1. The second-order valence-corrected chi connectivity index (χ2v) is 6.05. The lowest BCUT2D eigenvalue weighted by Gasteiger charge is -2.13. The second kappa shape index (κ2) is 8.48. The summed E-state index contributed by atoms with van der Waals surface area (Å²) in [6, 6.07) is 1.57. The van der Waals surface area contributed by atoms with Crippen LogP contribution in [0.25, 0.3) is 0 Å². The van der Waals surface area contributed by atoms with Crippen LogP contribution in [0.5, 0.6) is 0 Å². The third-order valence-electron chi connectivity index (χ3n) is 3.08. The summed E-state index contributed by atoms with van der Waals surface area (Å²) in [5.41, 5.74) is 0. The lowest BCUT2D eigenvalue weighted by atomic mass is 10.4. The van der Waals surface area contributed by atoms with Crippen molar-refractivity contribution in [2.24, 2.45) is 0 Å². The van der Waals surface area contributed by atoms with Crippen molar-refractivity contribution < 1.29 is 28.4 Å². The minimum atomic E-state index is -0.620. The van der Waals surface area contributed by atoms with E-state index in [1.54, 1.807) is 13.0 Å². The summed E-state index contributed by atoms with van der Waals surface area (Å²) < 4.78 is 9.61. The number of nitrogens with one attached hydrogen (secondary N) is 1. The molecule has 0 saturated carbocycles. The standard InChI is InChI=1S/C14H17N3O6S/c1-9-5-10(16-23-9)15-11(18)7-24-8-14(21)22-6-13(20)17-4-2-3-12(17)19/h5H,2-4,6-8H2,1H3,(H,15,16,18). The highest BCUT2D eigenvalue weighted by Crippen LogP contribution is 2.10. The first-order valence-corrected chi connectivity index (χ1v) is 8.41. The second-order valence-electron chi connectivity index (χ2n) is 5.07. The number of aryl methyl sites for hydroxylation is 1. The van der Waals surface area contributed by atoms with Crippen LogP contribution >= 0.6 is 11.8 Å². The SMILES string of the molecule is Cc1cc(NC(=O)CSCC(=O)OCC(=O)N2CCCC2=O)no1. The predicted octanol–water partition coefficient (Wildman–Crippen LogP) is 0.347. The van der Waals surface area contributed by atoms with Crippen LogP contribution in [0.3, 0.4) is 0 Å². The van der Waals surface area contributed by atoms with E-state index < -0.39 is 18.5 Å². The first kappa shape index (κ1) is 18.0. The molecule has 130 valence electrons. The highest BCUT2D eigenvalue weighted by atomic mass is 32.2. The van der Waals surface area contributed by atoms with Crippen molar-refractivity contribution in [2.75, 3.05) is 30.0 Å². The molecule has 0 unspecified atom stereocenters. The van der Waals surface area contributed by atoms with Gasteiger partial charge in [0.05, 0.1) is 11.5 Å². The molecule has 0 radical (unpaired) electrons. The number of hydrogen-bond donors (Lipinski definition) is 1. The van der Waals surface area contributed by atoms with Crippen LogP contribution in [0.1, 0.15) is 18.6 Å². The third kappa shape index (κ3) is 5.37. The van der Waals surface area contributed by atoms with Gasteiger partial charge in [0.2, 0.25) is 11.8 Å². The summed E-state index contributed by atoms with van der Waals surface area (Å²) in [5.74, 6) is -0.888. The van der Waals surface area contributed by atoms with Crippen LogP contribution in [0.15, 0.2) is 10.6 Å². The number of hydrogen-bond acceptors (Lipinski definition) is 8. The average Bonchev–Trinajstić information content (AvgIpc) is 3.13. The molecular weight excluding hydrogens is 338 g/mol. The number of amides is 3. The van der Waals surface area contributed by atoms with Crippen molar-refractivity contribution in [2.45, 2.75) is 19.8 Å². The Morgan fingerprint density at radius 3 is 2.83 bits per heavy atom. The molecule has 1 fully saturated rings. The van der Waals surface area contributed by atoms with Gasteiger partial charge in [0.1, 0.15) is 5.76 Å². The van der Waals surface area contributed by atoms with Gasteiger partial charge in [-0.1, -0.05) is 5.16 Å². The minimum absolute atomic E-state index is 0.0273. The Hall–Kier alpha value is -2.36. The third-order valence-corrected chi connectivity index (χ3v) is 3.99. The number of ether oxygens (including phenoxy) is 1. The number of carbonyl (C=O) groups is 4. The van der Waals surface area contributed by atoms with E-state index in [4.69, 9.17) is 9.26 Å².